The molecule has 3 N–H and O–H groups in total. The molecule has 0 bridgehead atoms. The third-order valence-corrected chi connectivity index (χ3v) is 4.05. The van der Waals surface area contributed by atoms with Crippen molar-refractivity contribution in [2.45, 2.75) is 31.2 Å². The van der Waals surface area contributed by atoms with Gasteiger partial charge in [-0.1, -0.05) is 36.0 Å². The van der Waals surface area contributed by atoms with Gasteiger partial charge >= 0.3 is 0 Å². The van der Waals surface area contributed by atoms with E-state index in [4.69, 9.17) is 28.9 Å². The van der Waals surface area contributed by atoms with E-state index in [9.17, 15) is 4.79 Å². The Morgan fingerprint density at radius 2 is 2.00 bits per heavy atom. The number of carbonyl (C=O) groups excluding carboxylic acids is 1. The Hall–Kier alpha value is -0.770. The summed E-state index contributed by atoms with van der Waals surface area (Å²) >= 11 is 11.8. The molecule has 18 heavy (non-hydrogen) atoms. The maximum Gasteiger partial charge on any atom is 0.253 e. The van der Waals surface area contributed by atoms with Gasteiger partial charge in [-0.15, -0.1) is 0 Å². The zero-order valence-corrected chi connectivity index (χ0v) is 11.5. The predicted molar refractivity (Wildman–Crippen MR) is 74.2 cm³/mol. The Balaban J connectivity index is 2.16. The van der Waals surface area contributed by atoms with Gasteiger partial charge in [-0.2, -0.15) is 0 Å². The van der Waals surface area contributed by atoms with Crippen molar-refractivity contribution in [3.8, 4) is 0 Å². The van der Waals surface area contributed by atoms with Gasteiger partial charge in [0.1, 0.15) is 0 Å². The molecule has 98 valence electrons. The summed E-state index contributed by atoms with van der Waals surface area (Å²) in [7, 11) is 0. The average molecular weight is 287 g/mol. The van der Waals surface area contributed by atoms with E-state index in [1.807, 2.05) is 0 Å². The minimum atomic E-state index is -0.264. The SMILES string of the molecule is NCC1(NC(=O)c2ccc(Cl)cc2Cl)CCCC1. The zero-order valence-electron chi connectivity index (χ0n) is 10.0. The Morgan fingerprint density at radius 1 is 1.33 bits per heavy atom. The molecule has 0 spiro atoms. The molecule has 1 aromatic carbocycles. The third-order valence-electron chi connectivity index (χ3n) is 3.51. The molecule has 1 aliphatic rings. The summed E-state index contributed by atoms with van der Waals surface area (Å²) in [5.41, 5.74) is 5.97. The molecule has 0 atom stereocenters. The van der Waals surface area contributed by atoms with Crippen molar-refractivity contribution in [3.63, 3.8) is 0 Å². The highest BCUT2D eigenvalue weighted by Gasteiger charge is 2.34. The maximum atomic E-state index is 12.2. The Morgan fingerprint density at radius 3 is 2.56 bits per heavy atom. The van der Waals surface area contributed by atoms with Gasteiger partial charge in [0, 0.05) is 11.6 Å². The number of benzene rings is 1. The fourth-order valence-electron chi connectivity index (χ4n) is 2.41. The van der Waals surface area contributed by atoms with E-state index in [1.165, 1.54) is 0 Å². The van der Waals surface area contributed by atoms with Crippen molar-refractivity contribution in [1.29, 1.82) is 0 Å². The van der Waals surface area contributed by atoms with E-state index >= 15 is 0 Å². The quantitative estimate of drug-likeness (QED) is 0.898. The second kappa shape index (κ2) is 5.47. The van der Waals surface area contributed by atoms with Crippen LogP contribution in [0.5, 0.6) is 0 Å². The first-order valence-electron chi connectivity index (χ1n) is 6.04. The van der Waals surface area contributed by atoms with Crippen molar-refractivity contribution in [2.75, 3.05) is 6.54 Å². The minimum Gasteiger partial charge on any atom is -0.345 e. The van der Waals surface area contributed by atoms with E-state index in [0.29, 0.717) is 22.2 Å². The van der Waals surface area contributed by atoms with Gasteiger partial charge < -0.3 is 11.1 Å². The van der Waals surface area contributed by atoms with Crippen LogP contribution in [0.4, 0.5) is 0 Å². The average Bonchev–Trinajstić information content (AvgIpc) is 2.78. The fourth-order valence-corrected chi connectivity index (χ4v) is 2.91. The van der Waals surface area contributed by atoms with Crippen LogP contribution < -0.4 is 11.1 Å². The molecule has 5 heteroatoms. The molecule has 1 aliphatic carbocycles. The summed E-state index contributed by atoms with van der Waals surface area (Å²) in [6, 6.07) is 4.87. The molecular formula is C13H16Cl2N2O. The molecule has 1 aromatic rings. The molecule has 2 rings (SSSR count). The predicted octanol–water partition coefficient (Wildman–Crippen LogP) is 2.99. The van der Waals surface area contributed by atoms with Crippen LogP contribution in [0.15, 0.2) is 18.2 Å². The monoisotopic (exact) mass is 286 g/mol. The Bertz CT molecular complexity index is 456. The van der Waals surface area contributed by atoms with Crippen LogP contribution in [0.2, 0.25) is 10.0 Å². The summed E-state index contributed by atoms with van der Waals surface area (Å²) in [5.74, 6) is -0.177. The maximum absolute atomic E-state index is 12.2. The van der Waals surface area contributed by atoms with E-state index in [2.05, 4.69) is 5.32 Å². The van der Waals surface area contributed by atoms with Gasteiger partial charge in [-0.25, -0.2) is 0 Å². The van der Waals surface area contributed by atoms with E-state index < -0.39 is 0 Å². The summed E-state index contributed by atoms with van der Waals surface area (Å²) in [4.78, 5) is 12.2. The number of amides is 1. The molecule has 1 saturated carbocycles. The topological polar surface area (TPSA) is 55.1 Å². The summed E-state index contributed by atoms with van der Waals surface area (Å²) in [6.45, 7) is 0.462. The second-order valence-electron chi connectivity index (χ2n) is 4.77. The minimum absolute atomic E-state index is 0.177. The number of hydrogen-bond acceptors (Lipinski definition) is 2. The number of carbonyl (C=O) groups is 1. The second-order valence-corrected chi connectivity index (χ2v) is 5.61. The number of nitrogens with two attached hydrogens (primary N) is 1. The van der Waals surface area contributed by atoms with Crippen LogP contribution in [0.25, 0.3) is 0 Å². The van der Waals surface area contributed by atoms with E-state index in [0.717, 1.165) is 25.7 Å². The van der Waals surface area contributed by atoms with E-state index in [-0.39, 0.29) is 11.4 Å². The molecule has 0 radical (unpaired) electrons. The number of nitrogens with one attached hydrogen (secondary N) is 1. The van der Waals surface area contributed by atoms with Gasteiger partial charge in [0.2, 0.25) is 0 Å². The van der Waals surface area contributed by atoms with Crippen molar-refractivity contribution in [2.24, 2.45) is 5.73 Å². The first kappa shape index (κ1) is 13.7. The fraction of sp³-hybridized carbons (Fsp3) is 0.462. The molecular weight excluding hydrogens is 271 g/mol. The largest absolute Gasteiger partial charge is 0.345 e. The Labute approximate surface area is 117 Å². The summed E-state index contributed by atoms with van der Waals surface area (Å²) < 4.78 is 0. The van der Waals surface area contributed by atoms with Crippen molar-refractivity contribution in [1.82, 2.24) is 5.32 Å². The number of rotatable bonds is 3. The molecule has 0 heterocycles. The normalized spacial score (nSPS) is 17.7. The lowest BCUT2D eigenvalue weighted by Crippen LogP contribution is -2.51. The Kier molecular flexibility index (Phi) is 4.15. The highest BCUT2D eigenvalue weighted by molar-refractivity contribution is 6.36. The van der Waals surface area contributed by atoms with Gasteiger partial charge in [0.25, 0.3) is 5.91 Å². The molecule has 1 fully saturated rings. The van der Waals surface area contributed by atoms with Crippen LogP contribution in [-0.4, -0.2) is 18.0 Å². The van der Waals surface area contributed by atoms with Gasteiger partial charge in [-0.05, 0) is 31.0 Å². The highest BCUT2D eigenvalue weighted by atomic mass is 35.5. The van der Waals surface area contributed by atoms with Crippen molar-refractivity contribution < 1.29 is 4.79 Å². The lowest BCUT2D eigenvalue weighted by atomic mass is 9.97. The van der Waals surface area contributed by atoms with Crippen LogP contribution in [0.1, 0.15) is 36.0 Å². The van der Waals surface area contributed by atoms with Crippen LogP contribution in [-0.2, 0) is 0 Å². The summed E-state index contributed by atoms with van der Waals surface area (Å²) in [6.07, 6.45) is 4.07. The number of hydrogen-bond donors (Lipinski definition) is 2. The lowest BCUT2D eigenvalue weighted by Gasteiger charge is -2.28. The zero-order chi connectivity index (χ0) is 13.2. The number of halogens is 2. The molecule has 0 aromatic heterocycles. The third kappa shape index (κ3) is 2.79. The van der Waals surface area contributed by atoms with Crippen LogP contribution in [0.3, 0.4) is 0 Å². The molecule has 0 saturated heterocycles. The molecule has 1 amide bonds. The molecule has 0 unspecified atom stereocenters. The van der Waals surface area contributed by atoms with Crippen LogP contribution in [0, 0.1) is 0 Å². The van der Waals surface area contributed by atoms with Crippen LogP contribution >= 0.6 is 23.2 Å². The van der Waals surface area contributed by atoms with Gasteiger partial charge in [-0.3, -0.25) is 4.79 Å². The van der Waals surface area contributed by atoms with Crippen molar-refractivity contribution in [3.05, 3.63) is 33.8 Å². The first-order chi connectivity index (χ1) is 8.56. The van der Waals surface area contributed by atoms with Gasteiger partial charge in [0.15, 0.2) is 0 Å². The highest BCUT2D eigenvalue weighted by Crippen LogP contribution is 2.29. The summed E-state index contributed by atoms with van der Waals surface area (Å²) in [5, 5.41) is 3.91. The van der Waals surface area contributed by atoms with Gasteiger partial charge in [0.05, 0.1) is 16.1 Å². The smallest absolute Gasteiger partial charge is 0.253 e. The first-order valence-corrected chi connectivity index (χ1v) is 6.79. The lowest BCUT2D eigenvalue weighted by molar-refractivity contribution is 0.0903. The molecule has 3 nitrogen and oxygen atoms in total. The standard InChI is InChI=1S/C13H16Cl2N2O/c14-9-3-4-10(11(15)7-9)12(18)17-13(8-16)5-1-2-6-13/h3-4,7H,1-2,5-6,8,16H2,(H,17,18). The van der Waals surface area contributed by atoms with E-state index in [1.54, 1.807) is 18.2 Å². The molecule has 0 aliphatic heterocycles. The van der Waals surface area contributed by atoms with Crippen molar-refractivity contribution >= 4 is 29.1 Å².